The van der Waals surface area contributed by atoms with E-state index in [1.807, 2.05) is 19.2 Å². The molecule has 2 rings (SSSR count). The van der Waals surface area contributed by atoms with E-state index in [4.69, 9.17) is 11.6 Å². The molecule has 0 aliphatic rings. The van der Waals surface area contributed by atoms with Gasteiger partial charge in [0, 0.05) is 9.90 Å². The normalized spacial score (nSPS) is 12.7. The standard InChI is InChI=1S/C12H12ClNS/c1-14-12(11-3-2-8-15-11)9-4-6-10(13)7-5-9/h2-8,12,14H,1H3. The smallest absolute Gasteiger partial charge is 0.0668 e. The zero-order valence-corrected chi connectivity index (χ0v) is 9.98. The Labute approximate surface area is 98.7 Å². The van der Waals surface area contributed by atoms with E-state index in [1.165, 1.54) is 10.4 Å². The summed E-state index contributed by atoms with van der Waals surface area (Å²) in [4.78, 5) is 1.32. The van der Waals surface area contributed by atoms with Gasteiger partial charge in [-0.1, -0.05) is 29.8 Å². The minimum absolute atomic E-state index is 0.266. The second-order valence-corrected chi connectivity index (χ2v) is 4.70. The van der Waals surface area contributed by atoms with Crippen LogP contribution < -0.4 is 5.32 Å². The van der Waals surface area contributed by atoms with Crippen molar-refractivity contribution in [3.8, 4) is 0 Å². The van der Waals surface area contributed by atoms with Crippen molar-refractivity contribution in [2.45, 2.75) is 6.04 Å². The number of hydrogen-bond acceptors (Lipinski definition) is 2. The van der Waals surface area contributed by atoms with Crippen LogP contribution in [-0.2, 0) is 0 Å². The molecule has 1 aromatic heterocycles. The highest BCUT2D eigenvalue weighted by Gasteiger charge is 2.11. The molecule has 0 bridgehead atoms. The number of nitrogens with one attached hydrogen (secondary N) is 1. The Bertz CT molecular complexity index is 408. The molecule has 0 aliphatic carbocycles. The summed E-state index contributed by atoms with van der Waals surface area (Å²) < 4.78 is 0. The maximum absolute atomic E-state index is 5.87. The molecule has 1 N–H and O–H groups in total. The topological polar surface area (TPSA) is 12.0 Å². The Kier molecular flexibility index (Phi) is 3.41. The Hall–Kier alpha value is -0.830. The lowest BCUT2D eigenvalue weighted by Gasteiger charge is -2.14. The van der Waals surface area contributed by atoms with Crippen molar-refractivity contribution in [3.63, 3.8) is 0 Å². The van der Waals surface area contributed by atoms with Crippen LogP contribution in [0.5, 0.6) is 0 Å². The van der Waals surface area contributed by atoms with Crippen molar-refractivity contribution >= 4 is 22.9 Å². The van der Waals surface area contributed by atoms with Crippen LogP contribution in [0.15, 0.2) is 41.8 Å². The molecular weight excluding hydrogens is 226 g/mol. The summed E-state index contributed by atoms with van der Waals surface area (Å²) in [6.07, 6.45) is 0. The summed E-state index contributed by atoms with van der Waals surface area (Å²) >= 11 is 7.63. The highest BCUT2D eigenvalue weighted by atomic mass is 35.5. The van der Waals surface area contributed by atoms with E-state index in [0.717, 1.165) is 5.02 Å². The van der Waals surface area contributed by atoms with Crippen molar-refractivity contribution < 1.29 is 0 Å². The van der Waals surface area contributed by atoms with Gasteiger partial charge in [-0.25, -0.2) is 0 Å². The molecule has 2 aromatic rings. The molecule has 0 saturated carbocycles. The fourth-order valence-electron chi connectivity index (χ4n) is 1.58. The van der Waals surface area contributed by atoms with Gasteiger partial charge in [-0.15, -0.1) is 11.3 Å². The number of halogens is 1. The van der Waals surface area contributed by atoms with Gasteiger partial charge in [0.1, 0.15) is 0 Å². The number of thiophene rings is 1. The van der Waals surface area contributed by atoms with Crippen LogP contribution in [0.4, 0.5) is 0 Å². The Morgan fingerprint density at radius 3 is 2.47 bits per heavy atom. The third kappa shape index (κ3) is 2.40. The molecule has 0 spiro atoms. The van der Waals surface area contributed by atoms with Gasteiger partial charge in [-0.3, -0.25) is 0 Å². The zero-order valence-electron chi connectivity index (χ0n) is 8.41. The molecule has 0 aliphatic heterocycles. The molecule has 1 unspecified atom stereocenters. The van der Waals surface area contributed by atoms with Gasteiger partial charge < -0.3 is 5.32 Å². The van der Waals surface area contributed by atoms with Crippen molar-refractivity contribution in [3.05, 3.63) is 57.2 Å². The van der Waals surface area contributed by atoms with E-state index in [0.29, 0.717) is 0 Å². The monoisotopic (exact) mass is 237 g/mol. The quantitative estimate of drug-likeness (QED) is 0.858. The van der Waals surface area contributed by atoms with Crippen LogP contribution >= 0.6 is 22.9 Å². The van der Waals surface area contributed by atoms with Gasteiger partial charge in [-0.05, 0) is 36.2 Å². The molecule has 1 aromatic carbocycles. The highest BCUT2D eigenvalue weighted by molar-refractivity contribution is 7.10. The summed E-state index contributed by atoms with van der Waals surface area (Å²) in [5.41, 5.74) is 1.24. The molecule has 3 heteroatoms. The summed E-state index contributed by atoms with van der Waals surface area (Å²) in [6, 6.07) is 12.4. The lowest BCUT2D eigenvalue weighted by Crippen LogP contribution is -2.16. The molecule has 0 saturated heterocycles. The predicted molar refractivity (Wildman–Crippen MR) is 66.7 cm³/mol. The fourth-order valence-corrected chi connectivity index (χ4v) is 2.57. The van der Waals surface area contributed by atoms with E-state index in [2.05, 4.69) is 35.0 Å². The summed E-state index contributed by atoms with van der Waals surface area (Å²) in [5, 5.41) is 6.18. The Balaban J connectivity index is 2.31. The minimum Gasteiger partial charge on any atom is -0.309 e. The molecule has 78 valence electrons. The maximum atomic E-state index is 5.87. The predicted octanol–water partition coefficient (Wildman–Crippen LogP) is 3.71. The first-order valence-corrected chi connectivity index (χ1v) is 6.03. The van der Waals surface area contributed by atoms with Crippen molar-refractivity contribution in [1.82, 2.24) is 5.32 Å². The molecule has 0 fully saturated rings. The van der Waals surface area contributed by atoms with Crippen LogP contribution in [0.2, 0.25) is 5.02 Å². The SMILES string of the molecule is CNC(c1ccc(Cl)cc1)c1cccs1. The fraction of sp³-hybridized carbons (Fsp3) is 0.167. The second kappa shape index (κ2) is 4.79. The maximum Gasteiger partial charge on any atom is 0.0668 e. The van der Waals surface area contributed by atoms with Gasteiger partial charge in [-0.2, -0.15) is 0 Å². The third-order valence-electron chi connectivity index (χ3n) is 2.32. The van der Waals surface area contributed by atoms with Crippen LogP contribution in [0.3, 0.4) is 0 Å². The average molecular weight is 238 g/mol. The number of hydrogen-bond donors (Lipinski definition) is 1. The largest absolute Gasteiger partial charge is 0.309 e. The average Bonchev–Trinajstić information content (AvgIpc) is 2.75. The van der Waals surface area contributed by atoms with Crippen molar-refractivity contribution in [2.75, 3.05) is 7.05 Å². The second-order valence-electron chi connectivity index (χ2n) is 3.29. The molecule has 0 radical (unpaired) electrons. The van der Waals surface area contributed by atoms with E-state index in [1.54, 1.807) is 11.3 Å². The summed E-state index contributed by atoms with van der Waals surface area (Å²) in [5.74, 6) is 0. The van der Waals surface area contributed by atoms with E-state index >= 15 is 0 Å². The van der Waals surface area contributed by atoms with Crippen LogP contribution in [0.1, 0.15) is 16.5 Å². The summed E-state index contributed by atoms with van der Waals surface area (Å²) in [7, 11) is 1.97. The van der Waals surface area contributed by atoms with E-state index in [-0.39, 0.29) is 6.04 Å². The van der Waals surface area contributed by atoms with Gasteiger partial charge in [0.15, 0.2) is 0 Å². The Morgan fingerprint density at radius 1 is 1.20 bits per heavy atom. The molecule has 1 heterocycles. The highest BCUT2D eigenvalue weighted by Crippen LogP contribution is 2.26. The molecule has 15 heavy (non-hydrogen) atoms. The minimum atomic E-state index is 0.266. The zero-order chi connectivity index (χ0) is 10.7. The van der Waals surface area contributed by atoms with Gasteiger partial charge in [0.25, 0.3) is 0 Å². The molecular formula is C12H12ClNS. The van der Waals surface area contributed by atoms with Gasteiger partial charge in [0.05, 0.1) is 6.04 Å². The van der Waals surface area contributed by atoms with E-state index in [9.17, 15) is 0 Å². The third-order valence-corrected chi connectivity index (χ3v) is 3.51. The first-order chi connectivity index (χ1) is 7.31. The van der Waals surface area contributed by atoms with Gasteiger partial charge >= 0.3 is 0 Å². The lowest BCUT2D eigenvalue weighted by molar-refractivity contribution is 0.704. The van der Waals surface area contributed by atoms with Crippen LogP contribution in [0, 0.1) is 0 Å². The van der Waals surface area contributed by atoms with Crippen LogP contribution in [-0.4, -0.2) is 7.05 Å². The Morgan fingerprint density at radius 2 is 1.93 bits per heavy atom. The van der Waals surface area contributed by atoms with Crippen molar-refractivity contribution in [2.24, 2.45) is 0 Å². The van der Waals surface area contributed by atoms with Crippen molar-refractivity contribution in [1.29, 1.82) is 0 Å². The summed E-state index contributed by atoms with van der Waals surface area (Å²) in [6.45, 7) is 0. The number of benzene rings is 1. The number of rotatable bonds is 3. The first-order valence-electron chi connectivity index (χ1n) is 4.77. The molecule has 0 amide bonds. The van der Waals surface area contributed by atoms with E-state index < -0.39 is 0 Å². The first kappa shape index (κ1) is 10.7. The van der Waals surface area contributed by atoms with Gasteiger partial charge in [0.2, 0.25) is 0 Å². The van der Waals surface area contributed by atoms with Crippen LogP contribution in [0.25, 0.3) is 0 Å². The molecule has 1 atom stereocenters. The molecule has 1 nitrogen and oxygen atoms in total. The lowest BCUT2D eigenvalue weighted by atomic mass is 10.1.